The standard InChI is InChI=1S/C21H32N4O5S/c26-16-17-4-5-22-20(12-17)31(28,29)25-14-18(21(27)24-8-10-30-11-9-24)13-19(15-25)23-6-2-1-3-7-23/h4-5,12,18-19,26H,1-3,6-11,13-16H2/t18-,19+/m0/s1. The highest BCUT2D eigenvalue weighted by atomic mass is 32.2. The zero-order chi connectivity index (χ0) is 21.8. The Balaban J connectivity index is 1.59. The second kappa shape index (κ2) is 9.91. The van der Waals surface area contributed by atoms with Gasteiger partial charge in [-0.05, 0) is 50.0 Å². The lowest BCUT2D eigenvalue weighted by Gasteiger charge is -2.44. The summed E-state index contributed by atoms with van der Waals surface area (Å²) in [6.45, 7) is 4.30. The van der Waals surface area contributed by atoms with Gasteiger partial charge in [0.05, 0.1) is 25.7 Å². The summed E-state index contributed by atoms with van der Waals surface area (Å²) in [5.74, 6) is -0.364. The number of carbonyl (C=O) groups excluding carboxylic acids is 1. The van der Waals surface area contributed by atoms with Gasteiger partial charge in [-0.2, -0.15) is 4.31 Å². The van der Waals surface area contributed by atoms with Crippen LogP contribution >= 0.6 is 0 Å². The van der Waals surface area contributed by atoms with Crippen LogP contribution in [0.25, 0.3) is 0 Å². The van der Waals surface area contributed by atoms with Crippen molar-refractivity contribution in [1.29, 1.82) is 0 Å². The Labute approximate surface area is 184 Å². The molecular formula is C21H32N4O5S. The number of rotatable bonds is 5. The molecular weight excluding hydrogens is 420 g/mol. The molecule has 0 aromatic carbocycles. The number of sulfonamides is 1. The third-order valence-corrected chi connectivity index (χ3v) is 8.29. The third-order valence-electron chi connectivity index (χ3n) is 6.56. The number of morpholine rings is 1. The first-order chi connectivity index (χ1) is 15.0. The molecule has 9 nitrogen and oxygen atoms in total. The van der Waals surface area contributed by atoms with Gasteiger partial charge in [0.1, 0.15) is 0 Å². The minimum absolute atomic E-state index is 0.0137. The number of aromatic nitrogens is 1. The Kier molecular flexibility index (Phi) is 7.22. The maximum absolute atomic E-state index is 13.4. The van der Waals surface area contributed by atoms with Gasteiger partial charge in [0, 0.05) is 38.4 Å². The lowest BCUT2D eigenvalue weighted by molar-refractivity contribution is -0.141. The Morgan fingerprint density at radius 3 is 2.58 bits per heavy atom. The van der Waals surface area contributed by atoms with Crippen molar-refractivity contribution in [2.75, 3.05) is 52.5 Å². The monoisotopic (exact) mass is 452 g/mol. The van der Waals surface area contributed by atoms with Crippen LogP contribution in [0.15, 0.2) is 23.4 Å². The molecule has 31 heavy (non-hydrogen) atoms. The van der Waals surface area contributed by atoms with Crippen LogP contribution in [0.1, 0.15) is 31.2 Å². The Morgan fingerprint density at radius 2 is 1.87 bits per heavy atom. The predicted octanol–water partition coefficient (Wildman–Crippen LogP) is 0.298. The molecule has 10 heteroatoms. The number of carbonyl (C=O) groups is 1. The molecule has 0 bridgehead atoms. The fourth-order valence-electron chi connectivity index (χ4n) is 4.82. The molecule has 172 valence electrons. The van der Waals surface area contributed by atoms with Crippen LogP contribution < -0.4 is 0 Å². The van der Waals surface area contributed by atoms with E-state index in [1.165, 1.54) is 23.0 Å². The van der Waals surface area contributed by atoms with E-state index < -0.39 is 10.0 Å². The Morgan fingerprint density at radius 1 is 1.13 bits per heavy atom. The van der Waals surface area contributed by atoms with Crippen LogP contribution in [0.2, 0.25) is 0 Å². The minimum atomic E-state index is -3.87. The minimum Gasteiger partial charge on any atom is -0.392 e. The Hall–Kier alpha value is -1.59. The molecule has 2 atom stereocenters. The van der Waals surface area contributed by atoms with Crippen LogP contribution in [0, 0.1) is 5.92 Å². The molecule has 0 spiro atoms. The lowest BCUT2D eigenvalue weighted by Crippen LogP contribution is -2.57. The number of piperidine rings is 2. The number of pyridine rings is 1. The zero-order valence-electron chi connectivity index (χ0n) is 17.9. The van der Waals surface area contributed by atoms with Gasteiger partial charge in [0.2, 0.25) is 5.91 Å². The van der Waals surface area contributed by atoms with Gasteiger partial charge < -0.3 is 14.7 Å². The van der Waals surface area contributed by atoms with E-state index in [-0.39, 0.29) is 36.0 Å². The van der Waals surface area contributed by atoms with E-state index in [0.717, 1.165) is 25.9 Å². The molecule has 1 amide bonds. The number of aliphatic hydroxyl groups excluding tert-OH is 1. The number of ether oxygens (including phenoxy) is 1. The first-order valence-electron chi connectivity index (χ1n) is 11.2. The number of nitrogens with zero attached hydrogens (tertiary/aromatic N) is 4. The molecule has 1 aromatic rings. The summed E-state index contributed by atoms with van der Waals surface area (Å²) in [7, 11) is -3.87. The van der Waals surface area contributed by atoms with E-state index in [1.807, 2.05) is 4.90 Å². The summed E-state index contributed by atoms with van der Waals surface area (Å²) >= 11 is 0. The van der Waals surface area contributed by atoms with Crippen molar-refractivity contribution in [3.8, 4) is 0 Å². The molecule has 0 unspecified atom stereocenters. The van der Waals surface area contributed by atoms with Crippen LogP contribution in [-0.4, -0.2) is 97.0 Å². The van der Waals surface area contributed by atoms with Gasteiger partial charge in [0.25, 0.3) is 10.0 Å². The van der Waals surface area contributed by atoms with E-state index in [0.29, 0.717) is 44.8 Å². The normalized spacial score (nSPS) is 26.7. The summed E-state index contributed by atoms with van der Waals surface area (Å²) in [6.07, 6.45) is 5.48. The van der Waals surface area contributed by atoms with Gasteiger partial charge in [-0.15, -0.1) is 0 Å². The van der Waals surface area contributed by atoms with Gasteiger partial charge >= 0.3 is 0 Å². The van der Waals surface area contributed by atoms with Crippen molar-refractivity contribution in [3.05, 3.63) is 23.9 Å². The number of hydrogen-bond donors (Lipinski definition) is 1. The van der Waals surface area contributed by atoms with Gasteiger partial charge in [-0.1, -0.05) is 6.42 Å². The second-order valence-corrected chi connectivity index (χ2v) is 10.5. The van der Waals surface area contributed by atoms with E-state index in [1.54, 1.807) is 6.07 Å². The van der Waals surface area contributed by atoms with Crippen molar-refractivity contribution < 1.29 is 23.1 Å². The molecule has 3 saturated heterocycles. The van der Waals surface area contributed by atoms with Crippen molar-refractivity contribution in [3.63, 3.8) is 0 Å². The van der Waals surface area contributed by atoms with Crippen molar-refractivity contribution in [2.45, 2.75) is 43.4 Å². The molecule has 1 aromatic heterocycles. The van der Waals surface area contributed by atoms with Crippen molar-refractivity contribution in [1.82, 2.24) is 19.1 Å². The molecule has 4 heterocycles. The number of hydrogen-bond acceptors (Lipinski definition) is 7. The van der Waals surface area contributed by atoms with E-state index in [9.17, 15) is 18.3 Å². The fraction of sp³-hybridized carbons (Fsp3) is 0.714. The molecule has 0 radical (unpaired) electrons. The Bertz CT molecular complexity index is 868. The highest BCUT2D eigenvalue weighted by molar-refractivity contribution is 7.89. The largest absolute Gasteiger partial charge is 0.392 e. The van der Waals surface area contributed by atoms with Gasteiger partial charge in [-0.25, -0.2) is 13.4 Å². The molecule has 3 fully saturated rings. The summed E-state index contributed by atoms with van der Waals surface area (Å²) in [5, 5.41) is 9.33. The summed E-state index contributed by atoms with van der Waals surface area (Å²) in [6, 6.07) is 3.02. The van der Waals surface area contributed by atoms with Crippen molar-refractivity contribution in [2.24, 2.45) is 5.92 Å². The van der Waals surface area contributed by atoms with Crippen LogP contribution in [-0.2, 0) is 26.2 Å². The quantitative estimate of drug-likeness (QED) is 0.685. The van der Waals surface area contributed by atoms with Gasteiger partial charge in [0.15, 0.2) is 5.03 Å². The first-order valence-corrected chi connectivity index (χ1v) is 12.6. The SMILES string of the molecule is O=C([C@H]1C[C@@H](N2CCCCC2)CN(S(=O)(=O)c2cc(CO)ccn2)C1)N1CCOCC1. The molecule has 0 aliphatic carbocycles. The molecule has 3 aliphatic rings. The summed E-state index contributed by atoms with van der Waals surface area (Å²) in [5.41, 5.74) is 0.499. The predicted molar refractivity (Wildman–Crippen MR) is 114 cm³/mol. The van der Waals surface area contributed by atoms with E-state index in [2.05, 4.69) is 9.88 Å². The second-order valence-electron chi connectivity index (χ2n) is 8.60. The van der Waals surface area contributed by atoms with Gasteiger partial charge in [-0.3, -0.25) is 9.69 Å². The van der Waals surface area contributed by atoms with Crippen molar-refractivity contribution >= 4 is 15.9 Å². The molecule has 4 rings (SSSR count). The molecule has 1 N–H and O–H groups in total. The third kappa shape index (κ3) is 5.09. The van der Waals surface area contributed by atoms with Crippen LogP contribution in [0.4, 0.5) is 0 Å². The maximum Gasteiger partial charge on any atom is 0.260 e. The van der Waals surface area contributed by atoms with Crippen LogP contribution in [0.3, 0.4) is 0 Å². The summed E-state index contributed by atoms with van der Waals surface area (Å²) < 4.78 is 33.7. The highest BCUT2D eigenvalue weighted by Gasteiger charge is 2.41. The number of likely N-dealkylation sites (tertiary alicyclic amines) is 1. The van der Waals surface area contributed by atoms with E-state index >= 15 is 0 Å². The topological polar surface area (TPSA) is 103 Å². The average Bonchev–Trinajstić information content (AvgIpc) is 2.84. The maximum atomic E-state index is 13.4. The molecule has 3 aliphatic heterocycles. The smallest absolute Gasteiger partial charge is 0.260 e. The number of aliphatic hydroxyl groups is 1. The summed E-state index contributed by atoms with van der Waals surface area (Å²) in [4.78, 5) is 21.5. The zero-order valence-corrected chi connectivity index (χ0v) is 18.7. The first kappa shape index (κ1) is 22.6. The highest BCUT2D eigenvalue weighted by Crippen LogP contribution is 2.29. The lowest BCUT2D eigenvalue weighted by atomic mass is 9.92. The molecule has 0 saturated carbocycles. The fourth-order valence-corrected chi connectivity index (χ4v) is 6.32. The average molecular weight is 453 g/mol. The van der Waals surface area contributed by atoms with E-state index in [4.69, 9.17) is 4.74 Å². The number of amides is 1. The van der Waals surface area contributed by atoms with Crippen LogP contribution in [0.5, 0.6) is 0 Å².